The molecule has 0 spiro atoms. The van der Waals surface area contributed by atoms with Gasteiger partial charge in [-0.3, -0.25) is 9.59 Å². The van der Waals surface area contributed by atoms with Gasteiger partial charge < -0.3 is 19.2 Å². The second-order valence-corrected chi connectivity index (χ2v) is 9.09. The number of fused-ring (bicyclic) bond motifs is 2. The van der Waals surface area contributed by atoms with E-state index in [1.54, 1.807) is 17.0 Å². The highest BCUT2D eigenvalue weighted by molar-refractivity contribution is 5.99. The molecule has 0 bridgehead atoms. The maximum absolute atomic E-state index is 13.8. The summed E-state index contributed by atoms with van der Waals surface area (Å²) in [5, 5.41) is 10.7. The number of hydrogen-bond acceptors (Lipinski definition) is 5. The van der Waals surface area contributed by atoms with Crippen LogP contribution in [0.25, 0.3) is 11.0 Å². The number of nitrogens with zero attached hydrogens (tertiary/aromatic N) is 1. The number of carbonyl (C=O) groups is 1. The van der Waals surface area contributed by atoms with E-state index >= 15 is 0 Å². The predicted molar refractivity (Wildman–Crippen MR) is 134 cm³/mol. The molecule has 0 aliphatic carbocycles. The number of aromatic hydroxyl groups is 1. The minimum absolute atomic E-state index is 0.00174. The fraction of sp³-hybridized carbons (Fsp3) is 0.241. The molecule has 1 amide bonds. The number of hydrogen-bond donors (Lipinski definition) is 1. The first-order chi connectivity index (χ1) is 16.8. The largest absolute Gasteiger partial charge is 0.504 e. The molecule has 1 atom stereocenters. The van der Waals surface area contributed by atoms with Crippen LogP contribution in [0.15, 0.2) is 63.8 Å². The zero-order valence-electron chi connectivity index (χ0n) is 20.2. The van der Waals surface area contributed by atoms with Crippen LogP contribution in [0.2, 0.25) is 0 Å². The third-order valence-electron chi connectivity index (χ3n) is 6.65. The minimum atomic E-state index is -0.680. The topological polar surface area (TPSA) is 80.0 Å². The summed E-state index contributed by atoms with van der Waals surface area (Å²) >= 11 is 0. The Morgan fingerprint density at radius 3 is 2.40 bits per heavy atom. The zero-order valence-corrected chi connectivity index (χ0v) is 20.2. The van der Waals surface area contributed by atoms with Crippen LogP contribution < -0.4 is 10.2 Å². The highest BCUT2D eigenvalue weighted by atomic mass is 16.5. The van der Waals surface area contributed by atoms with E-state index < -0.39 is 6.04 Å². The van der Waals surface area contributed by atoms with Crippen molar-refractivity contribution < 1.29 is 19.1 Å². The molecule has 0 radical (unpaired) electrons. The summed E-state index contributed by atoms with van der Waals surface area (Å²) in [5.41, 5.74) is 5.18. The SMILES string of the molecule is CCOc1cc([C@@H]2c3c(oc4cc(C)c(C)cc4c3=O)C(=O)N2Cc2ccc(C)cc2)ccc1O. The Hall–Kier alpha value is -4.06. The first-order valence-corrected chi connectivity index (χ1v) is 11.7. The molecule has 1 aliphatic rings. The molecule has 6 nitrogen and oxygen atoms in total. The van der Waals surface area contributed by atoms with Gasteiger partial charge in [0.2, 0.25) is 5.76 Å². The van der Waals surface area contributed by atoms with Gasteiger partial charge >= 0.3 is 0 Å². The molecule has 35 heavy (non-hydrogen) atoms. The monoisotopic (exact) mass is 469 g/mol. The summed E-state index contributed by atoms with van der Waals surface area (Å²) in [7, 11) is 0. The summed E-state index contributed by atoms with van der Waals surface area (Å²) in [6, 6.07) is 15.8. The third-order valence-corrected chi connectivity index (χ3v) is 6.65. The smallest absolute Gasteiger partial charge is 0.291 e. The van der Waals surface area contributed by atoms with Gasteiger partial charge in [-0.2, -0.15) is 0 Å². The molecule has 1 N–H and O–H groups in total. The first kappa shape index (κ1) is 22.7. The highest BCUT2D eigenvalue weighted by Gasteiger charge is 2.43. The molecule has 0 fully saturated rings. The molecule has 1 aliphatic heterocycles. The van der Waals surface area contributed by atoms with Crippen molar-refractivity contribution in [1.82, 2.24) is 4.90 Å². The number of amides is 1. The molecule has 0 saturated carbocycles. The average molecular weight is 470 g/mol. The quantitative estimate of drug-likeness (QED) is 0.413. The Balaban J connectivity index is 1.73. The van der Waals surface area contributed by atoms with E-state index in [1.165, 1.54) is 6.07 Å². The van der Waals surface area contributed by atoms with Crippen LogP contribution in [0.5, 0.6) is 11.5 Å². The maximum Gasteiger partial charge on any atom is 0.291 e. The predicted octanol–water partition coefficient (Wildman–Crippen LogP) is 5.57. The number of phenolic OH excluding ortho intramolecular Hbond substituents is 1. The van der Waals surface area contributed by atoms with Crippen molar-refractivity contribution in [2.75, 3.05) is 6.61 Å². The van der Waals surface area contributed by atoms with Gasteiger partial charge in [0.15, 0.2) is 16.9 Å². The van der Waals surface area contributed by atoms with Gasteiger partial charge in [0.05, 0.1) is 23.6 Å². The number of ether oxygens (including phenoxy) is 1. The average Bonchev–Trinajstić information content (AvgIpc) is 3.10. The van der Waals surface area contributed by atoms with Crippen molar-refractivity contribution in [1.29, 1.82) is 0 Å². The Morgan fingerprint density at radius 1 is 0.971 bits per heavy atom. The maximum atomic E-state index is 13.8. The lowest BCUT2D eigenvalue weighted by atomic mass is 9.97. The van der Waals surface area contributed by atoms with Crippen LogP contribution >= 0.6 is 0 Å². The number of aryl methyl sites for hydroxylation is 3. The fourth-order valence-electron chi connectivity index (χ4n) is 4.65. The molecule has 0 unspecified atom stereocenters. The van der Waals surface area contributed by atoms with E-state index in [9.17, 15) is 14.7 Å². The Kier molecular flexibility index (Phi) is 5.59. The summed E-state index contributed by atoms with van der Waals surface area (Å²) in [4.78, 5) is 29.2. The zero-order chi connectivity index (χ0) is 24.9. The van der Waals surface area contributed by atoms with Crippen LogP contribution in [0.1, 0.15) is 56.9 Å². The van der Waals surface area contributed by atoms with Crippen molar-refractivity contribution >= 4 is 16.9 Å². The second kappa shape index (κ2) is 8.62. The van der Waals surface area contributed by atoms with Crippen LogP contribution in [0.3, 0.4) is 0 Å². The molecule has 5 rings (SSSR count). The van der Waals surface area contributed by atoms with E-state index in [1.807, 2.05) is 64.1 Å². The Labute approximate surface area is 203 Å². The summed E-state index contributed by atoms with van der Waals surface area (Å²) in [6.07, 6.45) is 0. The molecular weight excluding hydrogens is 442 g/mol. The van der Waals surface area contributed by atoms with Crippen molar-refractivity contribution in [3.63, 3.8) is 0 Å². The molecule has 2 heterocycles. The molecule has 1 aromatic heterocycles. The van der Waals surface area contributed by atoms with Crippen LogP contribution in [-0.2, 0) is 6.54 Å². The van der Waals surface area contributed by atoms with Crippen molar-refractivity contribution in [3.05, 3.63) is 104 Å². The summed E-state index contributed by atoms with van der Waals surface area (Å²) < 4.78 is 11.7. The van der Waals surface area contributed by atoms with Gasteiger partial charge in [0.25, 0.3) is 5.91 Å². The number of phenols is 1. The molecular formula is C29H27NO5. The normalized spacial score (nSPS) is 15.0. The lowest BCUT2D eigenvalue weighted by Crippen LogP contribution is -2.29. The van der Waals surface area contributed by atoms with Gasteiger partial charge in [-0.25, -0.2) is 0 Å². The molecule has 6 heteroatoms. The minimum Gasteiger partial charge on any atom is -0.504 e. The Morgan fingerprint density at radius 2 is 1.69 bits per heavy atom. The van der Waals surface area contributed by atoms with Gasteiger partial charge in [-0.05, 0) is 74.2 Å². The van der Waals surface area contributed by atoms with Crippen LogP contribution in [-0.4, -0.2) is 22.5 Å². The van der Waals surface area contributed by atoms with Crippen LogP contribution in [0, 0.1) is 20.8 Å². The van der Waals surface area contributed by atoms with E-state index in [0.29, 0.717) is 41.0 Å². The van der Waals surface area contributed by atoms with Crippen molar-refractivity contribution in [3.8, 4) is 11.5 Å². The molecule has 0 saturated heterocycles. The third kappa shape index (κ3) is 3.85. The fourth-order valence-corrected chi connectivity index (χ4v) is 4.65. The summed E-state index contributed by atoms with van der Waals surface area (Å²) in [5.74, 6) is 0.0300. The Bertz CT molecular complexity index is 1520. The first-order valence-electron chi connectivity index (χ1n) is 11.7. The van der Waals surface area contributed by atoms with Gasteiger partial charge in [-0.15, -0.1) is 0 Å². The molecule has 178 valence electrons. The van der Waals surface area contributed by atoms with Gasteiger partial charge in [-0.1, -0.05) is 35.9 Å². The summed E-state index contributed by atoms with van der Waals surface area (Å²) in [6.45, 7) is 8.40. The molecule has 4 aromatic rings. The van der Waals surface area contributed by atoms with Gasteiger partial charge in [0.1, 0.15) is 5.58 Å². The van der Waals surface area contributed by atoms with Gasteiger partial charge in [0, 0.05) is 6.54 Å². The number of carbonyl (C=O) groups excluding carboxylic acids is 1. The van der Waals surface area contributed by atoms with E-state index in [4.69, 9.17) is 9.15 Å². The van der Waals surface area contributed by atoms with Crippen molar-refractivity contribution in [2.45, 2.75) is 40.3 Å². The van der Waals surface area contributed by atoms with E-state index in [0.717, 1.165) is 22.3 Å². The molecule has 3 aromatic carbocycles. The lowest BCUT2D eigenvalue weighted by Gasteiger charge is -2.26. The second-order valence-electron chi connectivity index (χ2n) is 9.09. The van der Waals surface area contributed by atoms with Crippen LogP contribution in [0.4, 0.5) is 0 Å². The van der Waals surface area contributed by atoms with E-state index in [-0.39, 0.29) is 22.8 Å². The number of benzene rings is 3. The lowest BCUT2D eigenvalue weighted by molar-refractivity contribution is 0.0714. The highest BCUT2D eigenvalue weighted by Crippen LogP contribution is 2.41. The standard InChI is InChI=1S/C29H27NO5/c1-5-34-24-14-20(10-11-22(24)31)26-25-27(32)21-12-17(3)18(4)13-23(21)35-28(25)29(33)30(26)15-19-8-6-16(2)7-9-19/h6-14,26,31H,5,15H2,1-4H3/t26-/m1/s1. The van der Waals surface area contributed by atoms with E-state index in [2.05, 4.69) is 0 Å². The number of rotatable bonds is 5. The van der Waals surface area contributed by atoms with Crippen molar-refractivity contribution in [2.24, 2.45) is 0 Å².